The Balaban J connectivity index is 1.64. The number of hydrogen-bond donors (Lipinski definition) is 1. The van der Waals surface area contributed by atoms with E-state index in [9.17, 15) is 15.3 Å². The van der Waals surface area contributed by atoms with Gasteiger partial charge in [-0.25, -0.2) is 0 Å². The maximum atomic E-state index is 12.9. The number of thiophene rings is 1. The Bertz CT molecular complexity index is 1280. The van der Waals surface area contributed by atoms with Crippen molar-refractivity contribution in [1.29, 1.82) is 10.5 Å². The summed E-state index contributed by atoms with van der Waals surface area (Å²) >= 11 is 1.46. The first kappa shape index (κ1) is 20.7. The number of fused-ring (bicyclic) bond motifs is 1. The minimum atomic E-state index is -0.495. The SMILES string of the molecule is Cc1ccc(-n2cccc2/C=C(\C#N)C(=O)Nc2sc3c(c2C#N)CCCC3)cc1C. The summed E-state index contributed by atoms with van der Waals surface area (Å²) in [6, 6.07) is 14.2. The van der Waals surface area contributed by atoms with Crippen LogP contribution >= 0.6 is 11.3 Å². The van der Waals surface area contributed by atoms with Gasteiger partial charge in [-0.05, 0) is 86.6 Å². The van der Waals surface area contributed by atoms with E-state index in [1.54, 1.807) is 6.08 Å². The molecular weight excluding hydrogens is 404 g/mol. The van der Waals surface area contributed by atoms with Gasteiger partial charge in [0.1, 0.15) is 22.7 Å². The highest BCUT2D eigenvalue weighted by Gasteiger charge is 2.22. The number of carbonyl (C=O) groups is 1. The number of amides is 1. The van der Waals surface area contributed by atoms with Crippen LogP contribution in [-0.4, -0.2) is 10.5 Å². The molecular formula is C25H22N4OS. The van der Waals surface area contributed by atoms with Gasteiger partial charge in [-0.3, -0.25) is 4.79 Å². The van der Waals surface area contributed by atoms with E-state index < -0.39 is 5.91 Å². The summed E-state index contributed by atoms with van der Waals surface area (Å²) in [6.07, 6.45) is 7.47. The summed E-state index contributed by atoms with van der Waals surface area (Å²) in [5, 5.41) is 22.6. The number of carbonyl (C=O) groups excluding carboxylic acids is 1. The fourth-order valence-corrected chi connectivity index (χ4v) is 5.10. The third kappa shape index (κ3) is 4.03. The molecule has 1 aromatic carbocycles. The Kier molecular flexibility index (Phi) is 5.75. The van der Waals surface area contributed by atoms with Gasteiger partial charge < -0.3 is 9.88 Å². The molecule has 3 aromatic rings. The smallest absolute Gasteiger partial charge is 0.267 e. The molecule has 0 saturated heterocycles. The molecule has 1 amide bonds. The van der Waals surface area contributed by atoms with E-state index in [-0.39, 0.29) is 5.57 Å². The first-order valence-electron chi connectivity index (χ1n) is 10.2. The van der Waals surface area contributed by atoms with Crippen LogP contribution < -0.4 is 5.32 Å². The lowest BCUT2D eigenvalue weighted by atomic mass is 9.96. The van der Waals surface area contributed by atoms with Gasteiger partial charge in [-0.15, -0.1) is 11.3 Å². The standard InChI is InChI=1S/C25H22N4OS/c1-16-9-10-20(12-17(16)2)29-11-5-6-19(29)13-18(14-26)24(30)28-25-22(15-27)21-7-3-4-8-23(21)31-25/h5-6,9-13H,3-4,7-8H2,1-2H3,(H,28,30)/b18-13+. The molecule has 2 aromatic heterocycles. The molecule has 1 aliphatic carbocycles. The Morgan fingerprint density at radius 2 is 1.97 bits per heavy atom. The average Bonchev–Trinajstić information content (AvgIpc) is 3.37. The average molecular weight is 427 g/mol. The van der Waals surface area contributed by atoms with Gasteiger partial charge in [-0.1, -0.05) is 6.07 Å². The van der Waals surface area contributed by atoms with Gasteiger partial charge in [0.2, 0.25) is 0 Å². The lowest BCUT2D eigenvalue weighted by Gasteiger charge is -2.10. The summed E-state index contributed by atoms with van der Waals surface area (Å²) < 4.78 is 1.95. The number of nitriles is 2. The molecule has 6 heteroatoms. The van der Waals surface area contributed by atoms with Crippen molar-refractivity contribution in [2.75, 3.05) is 5.32 Å². The second kappa shape index (κ2) is 8.63. The first-order valence-corrected chi connectivity index (χ1v) is 11.1. The second-order valence-electron chi connectivity index (χ2n) is 7.72. The highest BCUT2D eigenvalue weighted by Crippen LogP contribution is 2.37. The normalized spacial score (nSPS) is 13.2. The molecule has 0 saturated carbocycles. The lowest BCUT2D eigenvalue weighted by molar-refractivity contribution is -0.112. The number of benzene rings is 1. The van der Waals surface area contributed by atoms with Crippen molar-refractivity contribution in [1.82, 2.24) is 4.57 Å². The molecule has 0 aliphatic heterocycles. The molecule has 1 aliphatic rings. The molecule has 4 rings (SSSR count). The van der Waals surface area contributed by atoms with Gasteiger partial charge >= 0.3 is 0 Å². The van der Waals surface area contributed by atoms with Crippen LogP contribution in [0.15, 0.2) is 42.1 Å². The maximum Gasteiger partial charge on any atom is 0.267 e. The summed E-state index contributed by atoms with van der Waals surface area (Å²) in [6.45, 7) is 4.12. The van der Waals surface area contributed by atoms with Crippen molar-refractivity contribution >= 4 is 28.3 Å². The molecule has 2 heterocycles. The summed E-state index contributed by atoms with van der Waals surface area (Å²) in [5.41, 5.74) is 5.68. The Morgan fingerprint density at radius 3 is 2.71 bits per heavy atom. The van der Waals surface area contributed by atoms with Crippen LogP contribution in [0.2, 0.25) is 0 Å². The molecule has 1 N–H and O–H groups in total. The van der Waals surface area contributed by atoms with Gasteiger partial charge in [0.25, 0.3) is 5.91 Å². The minimum Gasteiger partial charge on any atom is -0.317 e. The van der Waals surface area contributed by atoms with Gasteiger partial charge in [0.15, 0.2) is 0 Å². The fraction of sp³-hybridized carbons (Fsp3) is 0.240. The highest BCUT2D eigenvalue weighted by atomic mass is 32.1. The van der Waals surface area contributed by atoms with Crippen LogP contribution in [0.25, 0.3) is 11.8 Å². The van der Waals surface area contributed by atoms with E-state index in [0.717, 1.165) is 42.6 Å². The minimum absolute atomic E-state index is 0.000884. The number of aromatic nitrogens is 1. The quantitative estimate of drug-likeness (QED) is 0.445. The van der Waals surface area contributed by atoms with Gasteiger partial charge in [0.05, 0.1) is 5.56 Å². The Morgan fingerprint density at radius 1 is 1.16 bits per heavy atom. The maximum absolute atomic E-state index is 12.9. The number of anilines is 1. The second-order valence-corrected chi connectivity index (χ2v) is 8.83. The van der Waals surface area contributed by atoms with Crippen molar-refractivity contribution in [3.05, 3.63) is 74.9 Å². The summed E-state index contributed by atoms with van der Waals surface area (Å²) in [4.78, 5) is 14.1. The zero-order valence-corrected chi connectivity index (χ0v) is 18.3. The molecule has 0 fully saturated rings. The number of rotatable bonds is 4. The van der Waals surface area contributed by atoms with Crippen molar-refractivity contribution in [2.45, 2.75) is 39.5 Å². The van der Waals surface area contributed by atoms with Crippen molar-refractivity contribution < 1.29 is 4.79 Å². The zero-order valence-electron chi connectivity index (χ0n) is 17.5. The van der Waals surface area contributed by atoms with Crippen LogP contribution in [0, 0.1) is 36.5 Å². The van der Waals surface area contributed by atoms with E-state index in [0.29, 0.717) is 10.6 Å². The van der Waals surface area contributed by atoms with Crippen LogP contribution in [0.4, 0.5) is 5.00 Å². The molecule has 0 spiro atoms. The lowest BCUT2D eigenvalue weighted by Crippen LogP contribution is -2.13. The zero-order chi connectivity index (χ0) is 22.0. The molecule has 0 atom stereocenters. The van der Waals surface area contributed by atoms with Gasteiger partial charge in [-0.2, -0.15) is 10.5 Å². The third-order valence-corrected chi connectivity index (χ3v) is 6.92. The summed E-state index contributed by atoms with van der Waals surface area (Å²) in [7, 11) is 0. The highest BCUT2D eigenvalue weighted by molar-refractivity contribution is 7.16. The predicted octanol–water partition coefficient (Wildman–Crippen LogP) is 5.45. The number of hydrogen-bond acceptors (Lipinski definition) is 4. The molecule has 0 radical (unpaired) electrons. The molecule has 0 bridgehead atoms. The predicted molar refractivity (Wildman–Crippen MR) is 123 cm³/mol. The van der Waals surface area contributed by atoms with Crippen molar-refractivity contribution in [2.24, 2.45) is 0 Å². The van der Waals surface area contributed by atoms with E-state index in [4.69, 9.17) is 0 Å². The van der Waals surface area contributed by atoms with E-state index in [1.165, 1.54) is 27.3 Å². The van der Waals surface area contributed by atoms with E-state index in [1.807, 2.05) is 35.0 Å². The number of nitrogens with zero attached hydrogens (tertiary/aromatic N) is 3. The number of nitrogens with one attached hydrogen (secondary N) is 1. The molecule has 31 heavy (non-hydrogen) atoms. The summed E-state index contributed by atoms with van der Waals surface area (Å²) in [5.74, 6) is -0.495. The number of aryl methyl sites for hydroxylation is 3. The fourth-order valence-electron chi connectivity index (χ4n) is 3.86. The topological polar surface area (TPSA) is 81.6 Å². The third-order valence-electron chi connectivity index (χ3n) is 5.72. The largest absolute Gasteiger partial charge is 0.317 e. The Labute approximate surface area is 185 Å². The van der Waals surface area contributed by atoms with Gasteiger partial charge in [0, 0.05) is 22.5 Å². The first-order chi connectivity index (χ1) is 15.0. The van der Waals surface area contributed by atoms with Crippen molar-refractivity contribution in [3.63, 3.8) is 0 Å². The van der Waals surface area contributed by atoms with Crippen LogP contribution in [0.3, 0.4) is 0 Å². The molecule has 0 unspecified atom stereocenters. The van der Waals surface area contributed by atoms with Crippen LogP contribution in [0.5, 0.6) is 0 Å². The molecule has 154 valence electrons. The monoisotopic (exact) mass is 426 g/mol. The molecule has 5 nitrogen and oxygen atoms in total. The van der Waals surface area contributed by atoms with Crippen LogP contribution in [0.1, 0.15) is 45.7 Å². The van der Waals surface area contributed by atoms with E-state index >= 15 is 0 Å². The van der Waals surface area contributed by atoms with Crippen molar-refractivity contribution in [3.8, 4) is 17.8 Å². The Hall–Kier alpha value is -3.61. The van der Waals surface area contributed by atoms with Crippen LogP contribution in [-0.2, 0) is 17.6 Å². The van der Waals surface area contributed by atoms with E-state index in [2.05, 4.69) is 37.4 Å².